The molecule has 25 heavy (non-hydrogen) atoms. The van der Waals surface area contributed by atoms with Gasteiger partial charge in [-0.25, -0.2) is 9.98 Å². The Bertz CT molecular complexity index is 700. The van der Waals surface area contributed by atoms with Crippen LogP contribution in [0.1, 0.15) is 50.5 Å². The third kappa shape index (κ3) is 5.89. The number of aliphatic imine (C=N–C) groups is 1. The molecule has 0 aliphatic rings. The number of hydrogen-bond donors (Lipinski definition) is 2. The van der Waals surface area contributed by atoms with E-state index in [0.717, 1.165) is 31.2 Å². The van der Waals surface area contributed by atoms with Gasteiger partial charge in [-0.3, -0.25) is 4.98 Å². The summed E-state index contributed by atoms with van der Waals surface area (Å²) in [5, 5.41) is 6.60. The molecule has 0 aromatic carbocycles. The number of aryl methyl sites for hydroxylation is 1. The molecule has 0 bridgehead atoms. The Kier molecular flexibility index (Phi) is 6.56. The molecule has 0 aliphatic carbocycles. The zero-order valence-corrected chi connectivity index (χ0v) is 15.9. The summed E-state index contributed by atoms with van der Waals surface area (Å²) in [4.78, 5) is 13.0. The van der Waals surface area contributed by atoms with Crippen LogP contribution in [0.15, 0.2) is 34.1 Å². The molecule has 0 saturated heterocycles. The monoisotopic (exact) mass is 343 g/mol. The van der Waals surface area contributed by atoms with E-state index in [1.165, 1.54) is 11.1 Å². The number of hydrogen-bond acceptors (Lipinski definition) is 4. The maximum atomic E-state index is 5.79. The highest BCUT2D eigenvalue weighted by atomic mass is 16.4. The number of nitrogens with zero attached hydrogens (tertiary/aromatic N) is 3. The van der Waals surface area contributed by atoms with Gasteiger partial charge >= 0.3 is 0 Å². The van der Waals surface area contributed by atoms with Gasteiger partial charge in [0, 0.05) is 30.9 Å². The van der Waals surface area contributed by atoms with Crippen molar-refractivity contribution in [2.45, 2.75) is 53.0 Å². The predicted molar refractivity (Wildman–Crippen MR) is 101 cm³/mol. The summed E-state index contributed by atoms with van der Waals surface area (Å²) in [6.07, 6.45) is 6.43. The van der Waals surface area contributed by atoms with Gasteiger partial charge in [0.1, 0.15) is 12.3 Å². The summed E-state index contributed by atoms with van der Waals surface area (Å²) in [5.74, 6) is 2.28. The standard InChI is InChI=1S/C19H29N5O/c1-6-21-18(22-10-8-15-7-9-20-11-14(15)2)24-13-17-23-12-16(25-17)19(3,4)5/h7,9,11-12H,6,8,10,13H2,1-5H3,(H2,21,22,24). The average Bonchev–Trinajstić information content (AvgIpc) is 3.03. The molecule has 2 aromatic heterocycles. The van der Waals surface area contributed by atoms with Crippen molar-refractivity contribution in [2.24, 2.45) is 4.99 Å². The van der Waals surface area contributed by atoms with Crippen LogP contribution in [-0.4, -0.2) is 29.0 Å². The van der Waals surface area contributed by atoms with Gasteiger partial charge in [0.25, 0.3) is 0 Å². The van der Waals surface area contributed by atoms with Crippen LogP contribution in [0.5, 0.6) is 0 Å². The van der Waals surface area contributed by atoms with Gasteiger partial charge in [-0.15, -0.1) is 0 Å². The van der Waals surface area contributed by atoms with Crippen LogP contribution in [0.25, 0.3) is 0 Å². The Morgan fingerprint density at radius 3 is 2.68 bits per heavy atom. The van der Waals surface area contributed by atoms with E-state index < -0.39 is 0 Å². The number of pyridine rings is 1. The van der Waals surface area contributed by atoms with E-state index in [0.29, 0.717) is 12.4 Å². The number of guanidine groups is 1. The lowest BCUT2D eigenvalue weighted by Crippen LogP contribution is -2.38. The lowest BCUT2D eigenvalue weighted by atomic mass is 9.94. The van der Waals surface area contributed by atoms with Crippen molar-refractivity contribution in [1.29, 1.82) is 0 Å². The van der Waals surface area contributed by atoms with Gasteiger partial charge in [-0.1, -0.05) is 20.8 Å². The SMILES string of the molecule is CCNC(=NCc1ncc(C(C)(C)C)o1)NCCc1ccncc1C. The molecule has 2 heterocycles. The summed E-state index contributed by atoms with van der Waals surface area (Å²) in [5.41, 5.74) is 2.46. The first-order valence-electron chi connectivity index (χ1n) is 8.77. The van der Waals surface area contributed by atoms with Crippen LogP contribution < -0.4 is 10.6 Å². The zero-order valence-electron chi connectivity index (χ0n) is 15.9. The topological polar surface area (TPSA) is 75.3 Å². The zero-order chi connectivity index (χ0) is 18.3. The van der Waals surface area contributed by atoms with E-state index in [2.05, 4.69) is 59.4 Å². The van der Waals surface area contributed by atoms with Crippen molar-refractivity contribution in [3.05, 3.63) is 47.4 Å². The van der Waals surface area contributed by atoms with Crippen molar-refractivity contribution in [2.75, 3.05) is 13.1 Å². The Morgan fingerprint density at radius 2 is 2.04 bits per heavy atom. The molecule has 2 aromatic rings. The number of oxazole rings is 1. The molecule has 0 fully saturated rings. The Balaban J connectivity index is 1.92. The van der Waals surface area contributed by atoms with E-state index in [9.17, 15) is 0 Å². The minimum absolute atomic E-state index is 0.0416. The molecule has 6 heteroatoms. The van der Waals surface area contributed by atoms with Gasteiger partial charge < -0.3 is 15.1 Å². The number of rotatable bonds is 6. The summed E-state index contributed by atoms with van der Waals surface area (Å²) in [7, 11) is 0. The lowest BCUT2D eigenvalue weighted by molar-refractivity contribution is 0.383. The highest BCUT2D eigenvalue weighted by Crippen LogP contribution is 2.22. The van der Waals surface area contributed by atoms with Gasteiger partial charge in [0.2, 0.25) is 5.89 Å². The summed E-state index contributed by atoms with van der Waals surface area (Å²) in [6.45, 7) is 12.5. The van der Waals surface area contributed by atoms with Crippen LogP contribution in [-0.2, 0) is 18.4 Å². The highest BCUT2D eigenvalue weighted by Gasteiger charge is 2.18. The van der Waals surface area contributed by atoms with Crippen LogP contribution >= 0.6 is 0 Å². The normalized spacial score (nSPS) is 12.3. The van der Waals surface area contributed by atoms with Crippen LogP contribution in [0.2, 0.25) is 0 Å². The minimum atomic E-state index is -0.0416. The first-order valence-corrected chi connectivity index (χ1v) is 8.77. The van der Waals surface area contributed by atoms with Gasteiger partial charge in [-0.2, -0.15) is 0 Å². The van der Waals surface area contributed by atoms with Crippen LogP contribution in [0, 0.1) is 6.92 Å². The Morgan fingerprint density at radius 1 is 1.24 bits per heavy atom. The van der Waals surface area contributed by atoms with E-state index >= 15 is 0 Å². The van der Waals surface area contributed by atoms with Crippen molar-refractivity contribution in [1.82, 2.24) is 20.6 Å². The number of aromatic nitrogens is 2. The molecule has 0 atom stereocenters. The second-order valence-corrected chi connectivity index (χ2v) is 7.04. The maximum Gasteiger partial charge on any atom is 0.216 e. The fourth-order valence-corrected chi connectivity index (χ4v) is 2.32. The molecule has 0 amide bonds. The Hall–Kier alpha value is -2.37. The average molecular weight is 343 g/mol. The van der Waals surface area contributed by atoms with Crippen LogP contribution in [0.4, 0.5) is 0 Å². The molecule has 0 unspecified atom stereocenters. The van der Waals surface area contributed by atoms with Crippen LogP contribution in [0.3, 0.4) is 0 Å². The minimum Gasteiger partial charge on any atom is -0.443 e. The molecular weight excluding hydrogens is 314 g/mol. The van der Waals surface area contributed by atoms with Crippen molar-refractivity contribution >= 4 is 5.96 Å². The Labute approximate surface area is 150 Å². The maximum absolute atomic E-state index is 5.79. The first-order chi connectivity index (χ1) is 11.9. The van der Waals surface area contributed by atoms with E-state index in [4.69, 9.17) is 4.42 Å². The molecule has 0 saturated carbocycles. The third-order valence-corrected chi connectivity index (χ3v) is 3.83. The summed E-state index contributed by atoms with van der Waals surface area (Å²) >= 11 is 0. The predicted octanol–water partition coefficient (Wildman–Crippen LogP) is 2.97. The second-order valence-electron chi connectivity index (χ2n) is 7.04. The number of nitrogens with one attached hydrogen (secondary N) is 2. The lowest BCUT2D eigenvalue weighted by Gasteiger charge is -2.13. The fourth-order valence-electron chi connectivity index (χ4n) is 2.32. The quantitative estimate of drug-likeness (QED) is 0.623. The second kappa shape index (κ2) is 8.65. The summed E-state index contributed by atoms with van der Waals surface area (Å²) in [6, 6.07) is 2.06. The first kappa shape index (κ1) is 19.0. The van der Waals surface area contributed by atoms with Gasteiger partial charge in [-0.05, 0) is 37.5 Å². The smallest absolute Gasteiger partial charge is 0.216 e. The van der Waals surface area contributed by atoms with E-state index in [-0.39, 0.29) is 5.41 Å². The van der Waals surface area contributed by atoms with E-state index in [1.54, 1.807) is 6.20 Å². The summed E-state index contributed by atoms with van der Waals surface area (Å²) < 4.78 is 5.79. The van der Waals surface area contributed by atoms with Gasteiger partial charge in [0.05, 0.1) is 6.20 Å². The highest BCUT2D eigenvalue weighted by molar-refractivity contribution is 5.79. The molecule has 2 N–H and O–H groups in total. The van der Waals surface area contributed by atoms with Crippen molar-refractivity contribution in [3.8, 4) is 0 Å². The molecule has 6 nitrogen and oxygen atoms in total. The van der Waals surface area contributed by atoms with E-state index in [1.807, 2.05) is 19.3 Å². The van der Waals surface area contributed by atoms with Crippen molar-refractivity contribution in [3.63, 3.8) is 0 Å². The molecule has 0 aliphatic heterocycles. The molecule has 136 valence electrons. The van der Waals surface area contributed by atoms with Crippen molar-refractivity contribution < 1.29 is 4.42 Å². The molecule has 2 rings (SSSR count). The fraction of sp³-hybridized carbons (Fsp3) is 0.526. The molecular formula is C19H29N5O. The molecule has 0 spiro atoms. The third-order valence-electron chi connectivity index (χ3n) is 3.83. The molecule has 0 radical (unpaired) electrons. The van der Waals surface area contributed by atoms with Gasteiger partial charge in [0.15, 0.2) is 5.96 Å². The largest absolute Gasteiger partial charge is 0.443 e.